The summed E-state index contributed by atoms with van der Waals surface area (Å²) in [5.74, 6) is -0.306. The van der Waals surface area contributed by atoms with Crippen molar-refractivity contribution in [2.75, 3.05) is 6.61 Å². The monoisotopic (exact) mass is 501 g/mol. The second kappa shape index (κ2) is 8.78. The van der Waals surface area contributed by atoms with Crippen molar-refractivity contribution in [2.24, 2.45) is 0 Å². The number of carbonyl (C=O) groups excluding carboxylic acids is 2. The summed E-state index contributed by atoms with van der Waals surface area (Å²) in [6, 6.07) is 8.24. The molecular weight excluding hydrogens is 489 g/mol. The molecule has 0 spiro atoms. The Morgan fingerprint density at radius 1 is 1.25 bits per heavy atom. The fraction of sp³-hybridized carbons (Fsp3) is 0.158. The van der Waals surface area contributed by atoms with E-state index in [0.29, 0.717) is 32.3 Å². The first-order valence-corrected chi connectivity index (χ1v) is 10.5. The summed E-state index contributed by atoms with van der Waals surface area (Å²) in [5, 5.41) is 10.7. The van der Waals surface area contributed by atoms with Crippen molar-refractivity contribution in [2.45, 2.75) is 13.5 Å². The number of ether oxygens (including phenoxy) is 1. The van der Waals surface area contributed by atoms with Gasteiger partial charge in [-0.15, -0.1) is 0 Å². The largest absolute Gasteiger partial charge is 0.504 e. The Morgan fingerprint density at radius 3 is 2.57 bits per heavy atom. The fourth-order valence-corrected chi connectivity index (χ4v) is 4.39. The van der Waals surface area contributed by atoms with Crippen LogP contribution in [0.4, 0.5) is 4.79 Å². The smallest absolute Gasteiger partial charge is 0.293 e. The number of benzene rings is 2. The molecule has 0 atom stereocenters. The Hall–Kier alpha value is -1.67. The molecule has 146 valence electrons. The maximum atomic E-state index is 12.8. The molecule has 0 aromatic heterocycles. The predicted octanol–water partition coefficient (Wildman–Crippen LogP) is 6.10. The van der Waals surface area contributed by atoms with Crippen LogP contribution in [0.15, 0.2) is 39.7 Å². The first kappa shape index (κ1) is 21.0. The van der Waals surface area contributed by atoms with Gasteiger partial charge in [-0.05, 0) is 49.0 Å². The number of carbonyl (C=O) groups is 2. The number of imide groups is 1. The Balaban J connectivity index is 1.92. The van der Waals surface area contributed by atoms with E-state index < -0.39 is 11.1 Å². The number of thioether (sulfide) groups is 1. The van der Waals surface area contributed by atoms with Crippen molar-refractivity contribution in [3.05, 3.63) is 60.9 Å². The first-order valence-electron chi connectivity index (χ1n) is 8.15. The quantitative estimate of drug-likeness (QED) is 0.500. The van der Waals surface area contributed by atoms with Gasteiger partial charge in [0.25, 0.3) is 11.1 Å². The lowest BCUT2D eigenvalue weighted by Gasteiger charge is -2.14. The van der Waals surface area contributed by atoms with Crippen molar-refractivity contribution >= 4 is 68.1 Å². The van der Waals surface area contributed by atoms with Crippen LogP contribution in [0.25, 0.3) is 6.08 Å². The van der Waals surface area contributed by atoms with Gasteiger partial charge in [0.1, 0.15) is 0 Å². The number of hydrogen-bond acceptors (Lipinski definition) is 5. The minimum atomic E-state index is -0.483. The highest BCUT2D eigenvalue weighted by molar-refractivity contribution is 9.10. The van der Waals surface area contributed by atoms with Gasteiger partial charge in [-0.25, -0.2) is 0 Å². The fourth-order valence-electron chi connectivity index (χ4n) is 2.59. The number of hydrogen-bond donors (Lipinski definition) is 1. The summed E-state index contributed by atoms with van der Waals surface area (Å²) in [6.07, 6.45) is 1.46. The lowest BCUT2D eigenvalue weighted by molar-refractivity contribution is -0.123. The van der Waals surface area contributed by atoms with Gasteiger partial charge in [-0.3, -0.25) is 14.5 Å². The van der Waals surface area contributed by atoms with Crippen molar-refractivity contribution in [3.63, 3.8) is 0 Å². The average molecular weight is 503 g/mol. The van der Waals surface area contributed by atoms with E-state index in [1.165, 1.54) is 6.08 Å². The molecule has 0 saturated carbocycles. The first-order chi connectivity index (χ1) is 13.3. The van der Waals surface area contributed by atoms with E-state index in [9.17, 15) is 14.7 Å². The van der Waals surface area contributed by atoms with E-state index in [2.05, 4.69) is 15.9 Å². The maximum absolute atomic E-state index is 12.8. The second-order valence-corrected chi connectivity index (χ2v) is 8.47. The molecule has 1 aliphatic rings. The third-order valence-corrected chi connectivity index (χ3v) is 5.98. The standard InChI is InChI=1S/C19H14BrCl2NO4S/c1-2-27-15-8-11(20)6-10(17(15)24)7-16-18(25)23(19(26)28-16)9-12-13(21)4-3-5-14(12)22/h3-8,24H,2,9H2,1H3/b16-7-. The van der Waals surface area contributed by atoms with Gasteiger partial charge in [0, 0.05) is 25.6 Å². The molecule has 1 fully saturated rings. The molecule has 1 N–H and O–H groups in total. The van der Waals surface area contributed by atoms with Gasteiger partial charge >= 0.3 is 0 Å². The van der Waals surface area contributed by atoms with Gasteiger partial charge < -0.3 is 9.84 Å². The van der Waals surface area contributed by atoms with E-state index in [-0.39, 0.29) is 22.9 Å². The SMILES string of the molecule is CCOc1cc(Br)cc(/C=C2\SC(=O)N(Cc3c(Cl)cccc3Cl)C2=O)c1O. The zero-order chi connectivity index (χ0) is 20.4. The van der Waals surface area contributed by atoms with Crippen LogP contribution in [0.5, 0.6) is 11.5 Å². The third kappa shape index (κ3) is 4.33. The van der Waals surface area contributed by atoms with Crippen LogP contribution >= 0.6 is 50.9 Å². The molecule has 0 unspecified atom stereocenters. The minimum Gasteiger partial charge on any atom is -0.504 e. The average Bonchev–Trinajstić information content (AvgIpc) is 2.89. The van der Waals surface area contributed by atoms with Crippen LogP contribution in [0.3, 0.4) is 0 Å². The van der Waals surface area contributed by atoms with E-state index in [4.69, 9.17) is 27.9 Å². The van der Waals surface area contributed by atoms with E-state index in [0.717, 1.165) is 16.7 Å². The summed E-state index contributed by atoms with van der Waals surface area (Å²) in [5.41, 5.74) is 0.859. The Kier molecular flexibility index (Phi) is 6.60. The molecule has 0 aliphatic carbocycles. The van der Waals surface area contributed by atoms with Gasteiger partial charge in [-0.1, -0.05) is 45.2 Å². The molecule has 9 heteroatoms. The second-order valence-electron chi connectivity index (χ2n) is 5.74. The Bertz CT molecular complexity index is 976. The maximum Gasteiger partial charge on any atom is 0.293 e. The molecule has 1 heterocycles. The van der Waals surface area contributed by atoms with Crippen LogP contribution in [0.2, 0.25) is 10.0 Å². The summed E-state index contributed by atoms with van der Waals surface area (Å²) in [4.78, 5) is 26.4. The third-order valence-electron chi connectivity index (χ3n) is 3.91. The molecule has 0 bridgehead atoms. The molecule has 5 nitrogen and oxygen atoms in total. The van der Waals surface area contributed by atoms with Crippen molar-refractivity contribution in [1.29, 1.82) is 0 Å². The topological polar surface area (TPSA) is 66.8 Å². The van der Waals surface area contributed by atoms with Crippen LogP contribution in [-0.4, -0.2) is 27.8 Å². The number of halogens is 3. The minimum absolute atomic E-state index is 0.0326. The molecule has 3 rings (SSSR count). The van der Waals surface area contributed by atoms with Crippen molar-refractivity contribution in [3.8, 4) is 11.5 Å². The molecule has 2 amide bonds. The summed E-state index contributed by atoms with van der Waals surface area (Å²) < 4.78 is 6.06. The number of aromatic hydroxyl groups is 1. The summed E-state index contributed by atoms with van der Waals surface area (Å²) >= 11 is 16.4. The molecule has 1 saturated heterocycles. The number of phenolic OH excluding ortho intramolecular Hbond substituents is 1. The normalized spacial score (nSPS) is 15.6. The van der Waals surface area contributed by atoms with Crippen LogP contribution in [0, 0.1) is 0 Å². The van der Waals surface area contributed by atoms with Crippen LogP contribution < -0.4 is 4.74 Å². The zero-order valence-corrected chi connectivity index (χ0v) is 18.5. The lowest BCUT2D eigenvalue weighted by Crippen LogP contribution is -2.27. The number of phenols is 1. The Morgan fingerprint density at radius 2 is 1.93 bits per heavy atom. The van der Waals surface area contributed by atoms with Gasteiger partial charge in [0.2, 0.25) is 0 Å². The highest BCUT2D eigenvalue weighted by Crippen LogP contribution is 2.39. The number of amides is 2. The van der Waals surface area contributed by atoms with Crippen molar-refractivity contribution < 1.29 is 19.4 Å². The molecule has 2 aromatic rings. The number of rotatable bonds is 5. The Labute approximate surface area is 184 Å². The van der Waals surface area contributed by atoms with Gasteiger partial charge in [-0.2, -0.15) is 0 Å². The van der Waals surface area contributed by atoms with E-state index in [1.54, 1.807) is 37.3 Å². The molecule has 0 radical (unpaired) electrons. The highest BCUT2D eigenvalue weighted by atomic mass is 79.9. The number of nitrogens with zero attached hydrogens (tertiary/aromatic N) is 1. The lowest BCUT2D eigenvalue weighted by atomic mass is 10.1. The highest BCUT2D eigenvalue weighted by Gasteiger charge is 2.36. The molecule has 2 aromatic carbocycles. The summed E-state index contributed by atoms with van der Waals surface area (Å²) in [6.45, 7) is 2.14. The molecule has 28 heavy (non-hydrogen) atoms. The summed E-state index contributed by atoms with van der Waals surface area (Å²) in [7, 11) is 0. The van der Waals surface area contributed by atoms with E-state index >= 15 is 0 Å². The van der Waals surface area contributed by atoms with Crippen LogP contribution in [0.1, 0.15) is 18.1 Å². The van der Waals surface area contributed by atoms with Gasteiger partial charge in [0.15, 0.2) is 11.5 Å². The zero-order valence-electron chi connectivity index (χ0n) is 14.5. The molecule has 1 aliphatic heterocycles. The van der Waals surface area contributed by atoms with Crippen LogP contribution in [-0.2, 0) is 11.3 Å². The van der Waals surface area contributed by atoms with Crippen molar-refractivity contribution in [1.82, 2.24) is 4.90 Å². The molecular formula is C19H14BrCl2NO4S. The van der Waals surface area contributed by atoms with E-state index in [1.807, 2.05) is 0 Å². The predicted molar refractivity (Wildman–Crippen MR) is 115 cm³/mol. The van der Waals surface area contributed by atoms with Gasteiger partial charge in [0.05, 0.1) is 18.1 Å².